The van der Waals surface area contributed by atoms with Gasteiger partial charge in [0.25, 0.3) is 5.91 Å². The fourth-order valence-electron chi connectivity index (χ4n) is 4.43. The molecule has 4 rings (SSSR count). The van der Waals surface area contributed by atoms with Crippen molar-refractivity contribution in [3.8, 4) is 0 Å². The Balaban J connectivity index is 0.00000210. The molecular formula is C21H29ClN4O. The van der Waals surface area contributed by atoms with Gasteiger partial charge in [-0.15, -0.1) is 12.4 Å². The summed E-state index contributed by atoms with van der Waals surface area (Å²) < 4.78 is 1.98. The molecular weight excluding hydrogens is 360 g/mol. The first-order chi connectivity index (χ1) is 12.7. The molecule has 27 heavy (non-hydrogen) atoms. The minimum atomic E-state index is 0. The van der Waals surface area contributed by atoms with E-state index >= 15 is 0 Å². The molecule has 6 heteroatoms. The Morgan fingerprint density at radius 3 is 2.56 bits per heavy atom. The van der Waals surface area contributed by atoms with Gasteiger partial charge in [-0.25, -0.2) is 0 Å². The van der Waals surface area contributed by atoms with E-state index in [2.05, 4.69) is 29.5 Å². The number of rotatable bonds is 4. The van der Waals surface area contributed by atoms with Crippen LogP contribution in [0.15, 0.2) is 36.5 Å². The van der Waals surface area contributed by atoms with Crippen molar-refractivity contribution < 1.29 is 4.79 Å². The Bertz CT molecular complexity index is 758. The SMILES string of the molecule is CCc1c(C(=O)N2CCC3(CCNC3)CC2)cnn1Cc1ccccc1.Cl. The molecule has 0 atom stereocenters. The normalized spacial score (nSPS) is 18.5. The molecule has 1 N–H and O–H groups in total. The smallest absolute Gasteiger partial charge is 0.257 e. The Hall–Kier alpha value is -1.85. The van der Waals surface area contributed by atoms with Crippen molar-refractivity contribution in [2.24, 2.45) is 5.41 Å². The molecule has 1 aromatic carbocycles. The molecule has 2 saturated heterocycles. The van der Waals surface area contributed by atoms with Crippen LogP contribution < -0.4 is 5.32 Å². The van der Waals surface area contributed by atoms with Crippen LogP contribution in [0.1, 0.15) is 47.8 Å². The molecule has 0 radical (unpaired) electrons. The Labute approximate surface area is 167 Å². The second-order valence-corrected chi connectivity index (χ2v) is 7.72. The first kappa shape index (κ1) is 19.9. The van der Waals surface area contributed by atoms with Crippen LogP contribution in [0.25, 0.3) is 0 Å². The zero-order valence-corrected chi connectivity index (χ0v) is 16.8. The molecule has 2 aromatic rings. The van der Waals surface area contributed by atoms with Gasteiger partial charge in [0.15, 0.2) is 0 Å². The summed E-state index contributed by atoms with van der Waals surface area (Å²) in [5.41, 5.74) is 3.46. The number of hydrogen-bond acceptors (Lipinski definition) is 3. The average molecular weight is 389 g/mol. The molecule has 146 valence electrons. The molecule has 2 fully saturated rings. The number of amides is 1. The van der Waals surface area contributed by atoms with Gasteiger partial charge in [-0.1, -0.05) is 37.3 Å². The number of hydrogen-bond donors (Lipinski definition) is 1. The van der Waals surface area contributed by atoms with E-state index in [4.69, 9.17) is 0 Å². The summed E-state index contributed by atoms with van der Waals surface area (Å²) in [5, 5.41) is 8.01. The van der Waals surface area contributed by atoms with Gasteiger partial charge >= 0.3 is 0 Å². The largest absolute Gasteiger partial charge is 0.338 e. The highest BCUT2D eigenvalue weighted by Crippen LogP contribution is 2.37. The monoisotopic (exact) mass is 388 g/mol. The fraction of sp³-hybridized carbons (Fsp3) is 0.524. The van der Waals surface area contributed by atoms with E-state index in [1.54, 1.807) is 6.20 Å². The number of aromatic nitrogens is 2. The molecule has 1 amide bonds. The van der Waals surface area contributed by atoms with Gasteiger partial charge in [0, 0.05) is 19.6 Å². The molecule has 0 unspecified atom stereocenters. The topological polar surface area (TPSA) is 50.2 Å². The van der Waals surface area contributed by atoms with Crippen LogP contribution in [0.5, 0.6) is 0 Å². The van der Waals surface area contributed by atoms with Crippen LogP contribution in [0.4, 0.5) is 0 Å². The minimum Gasteiger partial charge on any atom is -0.338 e. The second-order valence-electron chi connectivity index (χ2n) is 7.72. The van der Waals surface area contributed by atoms with Gasteiger partial charge < -0.3 is 10.2 Å². The summed E-state index contributed by atoms with van der Waals surface area (Å²) >= 11 is 0. The maximum Gasteiger partial charge on any atom is 0.257 e. The van der Waals surface area contributed by atoms with Crippen molar-refractivity contribution in [3.05, 3.63) is 53.3 Å². The number of piperidine rings is 1. The maximum atomic E-state index is 13.1. The van der Waals surface area contributed by atoms with Crippen LogP contribution >= 0.6 is 12.4 Å². The standard InChI is InChI=1S/C21H28N4O.ClH/c1-2-19-18(14-23-25(19)15-17-6-4-3-5-7-17)20(26)24-12-9-21(10-13-24)8-11-22-16-21;/h3-7,14,22H,2,8-13,15-16H2,1H3;1H. The zero-order valence-electron chi connectivity index (χ0n) is 16.0. The quantitative estimate of drug-likeness (QED) is 0.875. The number of carbonyl (C=O) groups excluding carboxylic acids is 1. The van der Waals surface area contributed by atoms with Crippen LogP contribution in [0, 0.1) is 5.41 Å². The van der Waals surface area contributed by atoms with Crippen LogP contribution in [-0.2, 0) is 13.0 Å². The van der Waals surface area contributed by atoms with Gasteiger partial charge in [0.05, 0.1) is 24.0 Å². The molecule has 2 aliphatic rings. The summed E-state index contributed by atoms with van der Waals surface area (Å²) in [7, 11) is 0. The third-order valence-electron chi connectivity index (χ3n) is 6.13. The van der Waals surface area contributed by atoms with Crippen molar-refractivity contribution in [1.29, 1.82) is 0 Å². The predicted octanol–water partition coefficient (Wildman–Crippen LogP) is 3.13. The zero-order chi connectivity index (χ0) is 18.0. The predicted molar refractivity (Wildman–Crippen MR) is 109 cm³/mol. The molecule has 0 bridgehead atoms. The van der Waals surface area contributed by atoms with Gasteiger partial charge in [-0.3, -0.25) is 9.48 Å². The van der Waals surface area contributed by atoms with Crippen LogP contribution in [0.3, 0.4) is 0 Å². The lowest BCUT2D eigenvalue weighted by molar-refractivity contribution is 0.0606. The van der Waals surface area contributed by atoms with Gasteiger partial charge in [0.1, 0.15) is 0 Å². The molecule has 3 heterocycles. The molecule has 1 spiro atoms. The molecule has 5 nitrogen and oxygen atoms in total. The second kappa shape index (κ2) is 8.44. The third kappa shape index (κ3) is 4.04. The summed E-state index contributed by atoms with van der Waals surface area (Å²) in [5.74, 6) is 0.155. The number of carbonyl (C=O) groups is 1. The van der Waals surface area contributed by atoms with Crippen LogP contribution in [0.2, 0.25) is 0 Å². The number of halogens is 1. The summed E-state index contributed by atoms with van der Waals surface area (Å²) in [6, 6.07) is 10.3. The van der Waals surface area contributed by atoms with Gasteiger partial charge in [0.2, 0.25) is 0 Å². The summed E-state index contributed by atoms with van der Waals surface area (Å²) in [6.07, 6.45) is 6.07. The maximum absolute atomic E-state index is 13.1. The lowest BCUT2D eigenvalue weighted by Crippen LogP contribution is -2.44. The highest BCUT2D eigenvalue weighted by Gasteiger charge is 2.38. The summed E-state index contributed by atoms with van der Waals surface area (Å²) in [6.45, 7) is 6.79. The Morgan fingerprint density at radius 2 is 1.93 bits per heavy atom. The van der Waals surface area contributed by atoms with E-state index in [1.807, 2.05) is 27.8 Å². The van der Waals surface area contributed by atoms with Crippen molar-refractivity contribution in [1.82, 2.24) is 20.0 Å². The molecule has 1 aromatic heterocycles. The van der Waals surface area contributed by atoms with Crippen molar-refractivity contribution in [2.45, 2.75) is 39.2 Å². The van der Waals surface area contributed by atoms with Gasteiger partial charge in [-0.2, -0.15) is 5.10 Å². The number of benzene rings is 1. The van der Waals surface area contributed by atoms with E-state index in [9.17, 15) is 4.79 Å². The van der Waals surface area contributed by atoms with Crippen molar-refractivity contribution in [3.63, 3.8) is 0 Å². The number of likely N-dealkylation sites (tertiary alicyclic amines) is 1. The highest BCUT2D eigenvalue weighted by atomic mass is 35.5. The minimum absolute atomic E-state index is 0. The van der Waals surface area contributed by atoms with Crippen molar-refractivity contribution in [2.75, 3.05) is 26.2 Å². The van der Waals surface area contributed by atoms with E-state index in [0.717, 1.165) is 56.7 Å². The number of nitrogens with zero attached hydrogens (tertiary/aromatic N) is 3. The Morgan fingerprint density at radius 1 is 1.19 bits per heavy atom. The lowest BCUT2D eigenvalue weighted by atomic mass is 9.78. The molecule has 0 aliphatic carbocycles. The number of nitrogens with one attached hydrogen (secondary N) is 1. The summed E-state index contributed by atoms with van der Waals surface area (Å²) in [4.78, 5) is 15.1. The van der Waals surface area contributed by atoms with E-state index in [0.29, 0.717) is 12.0 Å². The highest BCUT2D eigenvalue weighted by molar-refractivity contribution is 5.95. The molecule has 0 saturated carbocycles. The fourth-order valence-corrected chi connectivity index (χ4v) is 4.43. The molecule has 2 aliphatic heterocycles. The lowest BCUT2D eigenvalue weighted by Gasteiger charge is -2.38. The van der Waals surface area contributed by atoms with E-state index in [-0.39, 0.29) is 18.3 Å². The van der Waals surface area contributed by atoms with E-state index < -0.39 is 0 Å². The average Bonchev–Trinajstić information content (AvgIpc) is 3.30. The van der Waals surface area contributed by atoms with Gasteiger partial charge in [-0.05, 0) is 43.2 Å². The third-order valence-corrected chi connectivity index (χ3v) is 6.13. The van der Waals surface area contributed by atoms with E-state index in [1.165, 1.54) is 12.0 Å². The first-order valence-electron chi connectivity index (χ1n) is 9.79. The first-order valence-corrected chi connectivity index (χ1v) is 9.79. The van der Waals surface area contributed by atoms with Crippen LogP contribution in [-0.4, -0.2) is 46.8 Å². The van der Waals surface area contributed by atoms with Crippen molar-refractivity contribution >= 4 is 18.3 Å². The Kier molecular flexibility index (Phi) is 6.22.